The maximum absolute atomic E-state index is 12.5. The van der Waals surface area contributed by atoms with Crippen LogP contribution >= 0.6 is 23.4 Å². The zero-order valence-electron chi connectivity index (χ0n) is 17.1. The molecule has 32 heavy (non-hydrogen) atoms. The molecule has 0 aliphatic carbocycles. The number of hydrogen-bond donors (Lipinski definition) is 1. The monoisotopic (exact) mass is 468 g/mol. The van der Waals surface area contributed by atoms with Crippen molar-refractivity contribution in [3.05, 3.63) is 64.2 Å². The number of nitrogens with zero attached hydrogens (tertiary/aromatic N) is 3. The molecular weight excluding hydrogens is 452 g/mol. The summed E-state index contributed by atoms with van der Waals surface area (Å²) in [6, 6.07) is 11.1. The van der Waals surface area contributed by atoms with Crippen LogP contribution < -0.4 is 9.47 Å². The van der Waals surface area contributed by atoms with E-state index in [0.29, 0.717) is 33.5 Å². The summed E-state index contributed by atoms with van der Waals surface area (Å²) in [5.74, 6) is -0.614. The first-order chi connectivity index (χ1) is 15.4. The van der Waals surface area contributed by atoms with Crippen molar-refractivity contribution in [1.82, 2.24) is 5.01 Å². The molecule has 2 aromatic carbocycles. The number of esters is 1. The molecule has 0 saturated heterocycles. The minimum Gasteiger partial charge on any atom is -0.493 e. The number of methoxy groups -OCH3 is 1. The van der Waals surface area contributed by atoms with E-state index in [4.69, 9.17) is 26.5 Å². The highest BCUT2D eigenvalue weighted by Crippen LogP contribution is 2.32. The Balaban J connectivity index is 1.59. The van der Waals surface area contributed by atoms with Gasteiger partial charge >= 0.3 is 5.97 Å². The van der Waals surface area contributed by atoms with E-state index in [-0.39, 0.29) is 17.2 Å². The summed E-state index contributed by atoms with van der Waals surface area (Å²) < 4.78 is 10.8. The van der Waals surface area contributed by atoms with Crippen molar-refractivity contribution in [2.45, 2.75) is 13.3 Å². The van der Waals surface area contributed by atoms with Crippen LogP contribution in [0.5, 0.6) is 11.5 Å². The van der Waals surface area contributed by atoms with Crippen LogP contribution in [-0.4, -0.2) is 40.0 Å². The fourth-order valence-corrected chi connectivity index (χ4v) is 3.89. The van der Waals surface area contributed by atoms with Gasteiger partial charge in [-0.3, -0.25) is 10.2 Å². The van der Waals surface area contributed by atoms with E-state index in [0.717, 1.165) is 5.04 Å². The largest absolute Gasteiger partial charge is 0.493 e. The maximum Gasteiger partial charge on any atom is 0.343 e. The zero-order chi connectivity index (χ0) is 22.8. The van der Waals surface area contributed by atoms with Crippen LogP contribution in [0.15, 0.2) is 58.1 Å². The average Bonchev–Trinajstić information content (AvgIpc) is 3.21. The molecule has 0 fully saturated rings. The lowest BCUT2D eigenvalue weighted by Crippen LogP contribution is -2.35. The molecule has 0 bridgehead atoms. The Morgan fingerprint density at radius 3 is 2.66 bits per heavy atom. The molecule has 2 aromatic rings. The Morgan fingerprint density at radius 2 is 1.97 bits per heavy atom. The summed E-state index contributed by atoms with van der Waals surface area (Å²) in [5.41, 5.74) is 1.02. The quantitative estimate of drug-likeness (QED) is 0.390. The number of thioether (sulfide) groups is 1. The molecule has 2 aliphatic heterocycles. The molecule has 162 valence electrons. The van der Waals surface area contributed by atoms with E-state index in [1.807, 2.05) is 6.92 Å². The molecular formula is C22H17ClN4O4S. The number of benzene rings is 2. The lowest BCUT2D eigenvalue weighted by Gasteiger charge is -2.20. The van der Waals surface area contributed by atoms with Gasteiger partial charge in [0, 0.05) is 5.02 Å². The molecule has 1 N–H and O–H groups in total. The minimum atomic E-state index is -0.562. The number of nitrogens with one attached hydrogen (secondary N) is 1. The highest BCUT2D eigenvalue weighted by molar-refractivity contribution is 8.26. The zero-order valence-corrected chi connectivity index (χ0v) is 18.7. The molecule has 4 rings (SSSR count). The van der Waals surface area contributed by atoms with Crippen LogP contribution in [0.1, 0.15) is 29.3 Å². The van der Waals surface area contributed by atoms with Crippen molar-refractivity contribution in [3.8, 4) is 11.5 Å². The minimum absolute atomic E-state index is 0.0480. The Hall–Kier alpha value is -3.43. The number of amides is 1. The first kappa shape index (κ1) is 21.8. The van der Waals surface area contributed by atoms with Gasteiger partial charge in [0.05, 0.1) is 18.2 Å². The van der Waals surface area contributed by atoms with Crippen molar-refractivity contribution >= 4 is 57.4 Å². The first-order valence-electron chi connectivity index (χ1n) is 9.54. The molecule has 2 aliphatic rings. The Bertz CT molecular complexity index is 1220. The number of ether oxygens (including phenoxy) is 2. The number of carbonyl (C=O) groups is 2. The maximum atomic E-state index is 12.5. The summed E-state index contributed by atoms with van der Waals surface area (Å²) in [6.07, 6.45) is 2.22. The van der Waals surface area contributed by atoms with Gasteiger partial charge in [-0.2, -0.15) is 15.1 Å². The third-order valence-corrected chi connectivity index (χ3v) is 5.88. The van der Waals surface area contributed by atoms with E-state index < -0.39 is 11.9 Å². The van der Waals surface area contributed by atoms with Gasteiger partial charge in [-0.25, -0.2) is 4.79 Å². The second kappa shape index (κ2) is 8.97. The van der Waals surface area contributed by atoms with Crippen molar-refractivity contribution in [2.24, 2.45) is 10.1 Å². The van der Waals surface area contributed by atoms with E-state index >= 15 is 0 Å². The molecule has 10 heteroatoms. The Morgan fingerprint density at radius 1 is 1.22 bits per heavy atom. The van der Waals surface area contributed by atoms with Crippen LogP contribution in [0.2, 0.25) is 5.02 Å². The number of carbonyl (C=O) groups excluding carboxylic acids is 2. The van der Waals surface area contributed by atoms with Crippen LogP contribution in [0, 0.1) is 5.41 Å². The summed E-state index contributed by atoms with van der Waals surface area (Å²) in [6.45, 7) is 1.95. The van der Waals surface area contributed by atoms with Crippen LogP contribution in [-0.2, 0) is 4.79 Å². The second-order valence-corrected chi connectivity index (χ2v) is 8.15. The molecule has 8 nitrogen and oxygen atoms in total. The summed E-state index contributed by atoms with van der Waals surface area (Å²) in [7, 11) is 1.44. The highest BCUT2D eigenvalue weighted by atomic mass is 35.5. The number of fused-ring (bicyclic) bond motifs is 1. The van der Waals surface area contributed by atoms with E-state index in [9.17, 15) is 9.59 Å². The molecule has 0 saturated carbocycles. The van der Waals surface area contributed by atoms with Gasteiger partial charge in [-0.05, 0) is 66.2 Å². The van der Waals surface area contributed by atoms with Gasteiger partial charge in [-0.1, -0.05) is 24.6 Å². The van der Waals surface area contributed by atoms with E-state index in [1.54, 1.807) is 42.5 Å². The topological polar surface area (TPSA) is 104 Å². The molecule has 0 radical (unpaired) electrons. The second-order valence-electron chi connectivity index (χ2n) is 6.67. The molecule has 2 heterocycles. The van der Waals surface area contributed by atoms with Crippen molar-refractivity contribution in [3.63, 3.8) is 0 Å². The van der Waals surface area contributed by atoms with Crippen molar-refractivity contribution in [1.29, 1.82) is 5.41 Å². The van der Waals surface area contributed by atoms with Gasteiger partial charge in [-0.15, -0.1) is 0 Å². The van der Waals surface area contributed by atoms with Gasteiger partial charge < -0.3 is 9.47 Å². The number of amidine groups is 2. The summed E-state index contributed by atoms with van der Waals surface area (Å²) in [4.78, 5) is 28.9. The lowest BCUT2D eigenvalue weighted by molar-refractivity contribution is -0.114. The normalized spacial score (nSPS) is 16.6. The number of hydrazone groups is 1. The van der Waals surface area contributed by atoms with E-state index in [2.05, 4.69) is 10.1 Å². The third-order valence-electron chi connectivity index (χ3n) is 4.58. The summed E-state index contributed by atoms with van der Waals surface area (Å²) in [5, 5.41) is 15.8. The molecule has 0 aromatic heterocycles. The predicted octanol–water partition coefficient (Wildman–Crippen LogP) is 4.60. The predicted molar refractivity (Wildman–Crippen MR) is 125 cm³/mol. The van der Waals surface area contributed by atoms with Crippen LogP contribution in [0.4, 0.5) is 0 Å². The number of rotatable bonds is 5. The fourth-order valence-electron chi connectivity index (χ4n) is 2.94. The number of aliphatic imine (C=N–C) groups is 1. The van der Waals surface area contributed by atoms with Gasteiger partial charge in [0.15, 0.2) is 17.3 Å². The first-order valence-corrected chi connectivity index (χ1v) is 10.7. The average molecular weight is 469 g/mol. The van der Waals surface area contributed by atoms with Gasteiger partial charge in [0.1, 0.15) is 5.04 Å². The standard InChI is InChI=1S/C22H17ClN4O4S/c1-3-18-26-27-19(24)15(20(28)25-22(27)32-18)10-12-4-9-16(17(11-12)30-2)31-21(29)13-5-7-14(23)8-6-13/h4-11,24H,3H2,1-2H3/b15-10-,24-19?. The van der Waals surface area contributed by atoms with Gasteiger partial charge in [0.2, 0.25) is 5.17 Å². The summed E-state index contributed by atoms with van der Waals surface area (Å²) >= 11 is 7.13. The van der Waals surface area contributed by atoms with Crippen molar-refractivity contribution < 1.29 is 19.1 Å². The van der Waals surface area contributed by atoms with Gasteiger partial charge in [0.25, 0.3) is 5.91 Å². The van der Waals surface area contributed by atoms with E-state index in [1.165, 1.54) is 30.0 Å². The molecule has 0 unspecified atom stereocenters. The smallest absolute Gasteiger partial charge is 0.343 e. The number of hydrogen-bond acceptors (Lipinski definition) is 7. The van der Waals surface area contributed by atoms with Crippen LogP contribution in [0.3, 0.4) is 0 Å². The molecule has 1 amide bonds. The Kier molecular flexibility index (Phi) is 6.11. The SMILES string of the molecule is CCC1=NN2C(=N)/C(=C/c3ccc(OC(=O)c4ccc(Cl)cc4)c(OC)c3)C(=O)N=C2S1. The lowest BCUT2D eigenvalue weighted by atomic mass is 10.1. The number of halogens is 1. The molecule has 0 atom stereocenters. The Labute approximate surface area is 193 Å². The van der Waals surface area contributed by atoms with Crippen molar-refractivity contribution in [2.75, 3.05) is 7.11 Å². The highest BCUT2D eigenvalue weighted by Gasteiger charge is 2.35. The molecule has 0 spiro atoms. The fraction of sp³-hybridized carbons (Fsp3) is 0.136. The van der Waals surface area contributed by atoms with Crippen LogP contribution in [0.25, 0.3) is 6.08 Å². The third kappa shape index (κ3) is 4.30.